The smallest absolute Gasteiger partial charge is 0.347 e. The van der Waals surface area contributed by atoms with Crippen LogP contribution < -0.4 is 0 Å². The molecule has 282 valence electrons. The van der Waals surface area contributed by atoms with Gasteiger partial charge in [-0.25, -0.2) is 28.8 Å². The van der Waals surface area contributed by atoms with Gasteiger partial charge in [-0.3, -0.25) is 9.59 Å². The second-order valence-electron chi connectivity index (χ2n) is 9.91. The van der Waals surface area contributed by atoms with Crippen molar-refractivity contribution in [2.75, 3.05) is 19.8 Å². The van der Waals surface area contributed by atoms with E-state index in [1.807, 2.05) is 0 Å². The Morgan fingerprint density at radius 1 is 0.592 bits per heavy atom. The molecule has 1 unspecified atom stereocenters. The van der Waals surface area contributed by atoms with E-state index in [0.717, 1.165) is 13.8 Å². The first-order valence-corrected chi connectivity index (χ1v) is 14.9. The van der Waals surface area contributed by atoms with Gasteiger partial charge in [-0.05, 0) is 41.5 Å². The lowest BCUT2D eigenvalue weighted by Crippen LogP contribution is -2.40. The number of carbonyl (C=O) groups is 8. The molecular formula is C29H46O20. The molecule has 0 amide bonds. The van der Waals surface area contributed by atoms with E-state index >= 15 is 0 Å². The van der Waals surface area contributed by atoms with Crippen molar-refractivity contribution in [1.82, 2.24) is 0 Å². The van der Waals surface area contributed by atoms with Gasteiger partial charge < -0.3 is 58.3 Å². The van der Waals surface area contributed by atoms with E-state index in [1.54, 1.807) is 13.8 Å². The molecule has 0 radical (unpaired) electrons. The summed E-state index contributed by atoms with van der Waals surface area (Å²) in [6.45, 7) is 9.48. The van der Waals surface area contributed by atoms with Crippen LogP contribution in [0.4, 0.5) is 0 Å². The summed E-state index contributed by atoms with van der Waals surface area (Å²) in [7, 11) is 0. The molecule has 20 heteroatoms. The molecule has 0 saturated carbocycles. The van der Waals surface area contributed by atoms with Gasteiger partial charge in [-0.2, -0.15) is 0 Å². The molecule has 0 aliphatic carbocycles. The van der Waals surface area contributed by atoms with E-state index in [0.29, 0.717) is 0 Å². The van der Waals surface area contributed by atoms with Crippen molar-refractivity contribution < 1.29 is 96.7 Å². The third-order valence-electron chi connectivity index (χ3n) is 5.28. The van der Waals surface area contributed by atoms with E-state index < -0.39 is 110 Å². The minimum atomic E-state index is -1.56. The number of cyclic esters (lactones) is 2. The lowest BCUT2D eigenvalue weighted by Gasteiger charge is -2.22. The number of ether oxygens (including phenoxy) is 8. The predicted molar refractivity (Wildman–Crippen MR) is 157 cm³/mol. The van der Waals surface area contributed by atoms with Gasteiger partial charge in [-0.1, -0.05) is 13.8 Å². The van der Waals surface area contributed by atoms with Gasteiger partial charge in [0.25, 0.3) is 0 Å². The number of aliphatic hydroxyl groups excluding tert-OH is 3. The van der Waals surface area contributed by atoms with Crippen LogP contribution in [0.15, 0.2) is 0 Å². The summed E-state index contributed by atoms with van der Waals surface area (Å²) in [5, 5.41) is 34.5. The van der Waals surface area contributed by atoms with Crippen molar-refractivity contribution in [1.29, 1.82) is 0 Å². The number of rotatable bonds is 15. The Bertz CT molecular complexity index is 1080. The van der Waals surface area contributed by atoms with Crippen molar-refractivity contribution in [2.24, 2.45) is 0 Å². The van der Waals surface area contributed by atoms with E-state index in [1.165, 1.54) is 27.7 Å². The molecule has 1 saturated heterocycles. The van der Waals surface area contributed by atoms with Crippen LogP contribution in [0.1, 0.15) is 68.2 Å². The summed E-state index contributed by atoms with van der Waals surface area (Å²) in [5.41, 5.74) is 0. The van der Waals surface area contributed by atoms with Crippen molar-refractivity contribution in [2.45, 2.75) is 117 Å². The molecule has 0 aromatic heterocycles. The summed E-state index contributed by atoms with van der Waals surface area (Å²) in [6, 6.07) is 0. The Kier molecular flexibility index (Phi) is 23.5. The second-order valence-corrected chi connectivity index (χ2v) is 9.91. The topological polar surface area (TPSA) is 291 Å². The molecule has 7 atom stereocenters. The minimum absolute atomic E-state index is 0.0508. The summed E-state index contributed by atoms with van der Waals surface area (Å²) in [5.74, 6) is -6.11. The van der Waals surface area contributed by atoms with Gasteiger partial charge in [0.15, 0.2) is 36.8 Å². The molecule has 4 N–H and O–H groups in total. The average Bonchev–Trinajstić information content (AvgIpc) is 3.03. The van der Waals surface area contributed by atoms with Crippen molar-refractivity contribution in [3.63, 3.8) is 0 Å². The van der Waals surface area contributed by atoms with E-state index in [9.17, 15) is 38.4 Å². The largest absolute Gasteiger partial charge is 0.462 e. The lowest BCUT2D eigenvalue weighted by molar-refractivity contribution is -0.191. The third kappa shape index (κ3) is 22.0. The third-order valence-corrected chi connectivity index (χ3v) is 5.28. The molecule has 1 aliphatic heterocycles. The number of carbonyl (C=O) groups excluding carboxylic acids is 8. The van der Waals surface area contributed by atoms with Crippen molar-refractivity contribution >= 4 is 47.8 Å². The Balaban J connectivity index is 0. The van der Waals surface area contributed by atoms with Gasteiger partial charge in [0.05, 0.1) is 0 Å². The van der Waals surface area contributed by atoms with Crippen LogP contribution in [0, 0.1) is 0 Å². The van der Waals surface area contributed by atoms with Crippen LogP contribution in [-0.2, 0) is 76.3 Å². The number of esters is 8. The number of hydrogen-bond acceptors (Lipinski definition) is 20. The summed E-state index contributed by atoms with van der Waals surface area (Å²) < 4.78 is 37.7. The van der Waals surface area contributed by atoms with Gasteiger partial charge in [0.1, 0.15) is 32.0 Å². The number of hydrogen-bond donors (Lipinski definition) is 4. The summed E-state index contributed by atoms with van der Waals surface area (Å²) >= 11 is 0. The lowest BCUT2D eigenvalue weighted by atomic mass is 10.3. The molecule has 49 heavy (non-hydrogen) atoms. The molecule has 1 heterocycles. The molecule has 0 bridgehead atoms. The van der Waals surface area contributed by atoms with Crippen LogP contribution in [0.2, 0.25) is 0 Å². The van der Waals surface area contributed by atoms with E-state index in [4.69, 9.17) is 39.4 Å². The zero-order valence-electron chi connectivity index (χ0n) is 28.5. The van der Waals surface area contributed by atoms with Crippen LogP contribution in [0.3, 0.4) is 0 Å². The fourth-order valence-electron chi connectivity index (χ4n) is 2.50. The normalized spacial score (nSPS) is 18.1. The quantitative estimate of drug-likeness (QED) is 0.0821. The maximum Gasteiger partial charge on any atom is 0.347 e. The van der Waals surface area contributed by atoms with Crippen molar-refractivity contribution in [3.8, 4) is 0 Å². The number of aliphatic hydroxyl groups is 4. The average molecular weight is 715 g/mol. The molecule has 1 rings (SSSR count). The van der Waals surface area contributed by atoms with E-state index in [2.05, 4.69) is 18.9 Å². The molecule has 0 aromatic carbocycles. The van der Waals surface area contributed by atoms with Gasteiger partial charge in [-0.15, -0.1) is 0 Å². The second kappa shape index (κ2) is 24.7. The standard InChI is InChI=1S/C18H28O12.C6H8O4.C5H10O4/c1-6-14(21)26-7-13(30-18(25)12(5)29-16(23)10(3)20)8-27-17(24)11(4)28-15(22)9(2)19;1-3-5(7)10-4(2)6(8)9-3;1-2-5(8)9-3-4(6)7/h9-13,19-20H,6-8H2,1-5H3;3-4H,1-2H3;4,6-7H,2-3H2,1H3/t9-,10-,11+,12+,13?;3-,4-;/m10./s1. The highest BCUT2D eigenvalue weighted by atomic mass is 16.7. The first-order chi connectivity index (χ1) is 22.7. The van der Waals surface area contributed by atoms with Gasteiger partial charge in [0, 0.05) is 12.8 Å². The van der Waals surface area contributed by atoms with E-state index in [-0.39, 0.29) is 19.4 Å². The zero-order valence-corrected chi connectivity index (χ0v) is 28.5. The fraction of sp³-hybridized carbons (Fsp3) is 0.724. The monoisotopic (exact) mass is 714 g/mol. The summed E-state index contributed by atoms with van der Waals surface area (Å²) in [4.78, 5) is 89.5. The van der Waals surface area contributed by atoms with Crippen LogP contribution >= 0.6 is 0 Å². The molecule has 1 fully saturated rings. The highest BCUT2D eigenvalue weighted by molar-refractivity contribution is 5.87. The van der Waals surface area contributed by atoms with Gasteiger partial charge in [0.2, 0.25) is 0 Å². The zero-order chi connectivity index (χ0) is 38.4. The SMILES string of the molecule is CCC(=O)OCC(COC(=O)[C@H](C)OC(=O)[C@@H](C)O)OC(=O)[C@H](C)OC(=O)[C@@H](C)O.CCC(=O)OCC(O)O.C[C@@H]1OC(=O)[C@H](C)OC1=O. The molecule has 0 aromatic rings. The Hall–Kier alpha value is -4.40. The maximum absolute atomic E-state index is 12.1. The highest BCUT2D eigenvalue weighted by Crippen LogP contribution is 2.09. The Labute approximate surface area is 281 Å². The summed E-state index contributed by atoms with van der Waals surface area (Å²) in [6.07, 6.45) is -9.62. The Morgan fingerprint density at radius 2 is 0.959 bits per heavy atom. The van der Waals surface area contributed by atoms with Gasteiger partial charge >= 0.3 is 47.8 Å². The molecule has 20 nitrogen and oxygen atoms in total. The molecular weight excluding hydrogens is 668 g/mol. The highest BCUT2D eigenvalue weighted by Gasteiger charge is 2.32. The van der Waals surface area contributed by atoms with Crippen molar-refractivity contribution in [3.05, 3.63) is 0 Å². The maximum atomic E-state index is 12.1. The molecule has 0 spiro atoms. The first kappa shape index (κ1) is 46.7. The van der Waals surface area contributed by atoms with Crippen LogP contribution in [0.25, 0.3) is 0 Å². The van der Waals surface area contributed by atoms with Crippen LogP contribution in [-0.4, -0.2) is 137 Å². The fourth-order valence-corrected chi connectivity index (χ4v) is 2.50. The Morgan fingerprint density at radius 3 is 1.33 bits per heavy atom. The molecule has 1 aliphatic rings. The predicted octanol–water partition coefficient (Wildman–Crippen LogP) is -1.87. The van der Waals surface area contributed by atoms with Crippen LogP contribution in [0.5, 0.6) is 0 Å². The minimum Gasteiger partial charge on any atom is -0.462 e. The first-order valence-electron chi connectivity index (χ1n) is 14.9.